The number of amides is 2. The smallest absolute Gasteiger partial charge is 0.307 e. The molecule has 4 N–H and O–H groups in total. The van der Waals surface area contributed by atoms with E-state index in [-0.39, 0.29) is 5.69 Å². The number of amidine groups is 1. The van der Waals surface area contributed by atoms with Crippen LogP contribution in [-0.4, -0.2) is 11.9 Å². The van der Waals surface area contributed by atoms with Crippen molar-refractivity contribution in [3.05, 3.63) is 83.7 Å². The van der Waals surface area contributed by atoms with Gasteiger partial charge in [-0.25, -0.2) is 9.18 Å². The summed E-state index contributed by atoms with van der Waals surface area (Å²) in [5.41, 5.74) is 2.53. The number of hydrogen-bond donors (Lipinski definition) is 3. The minimum atomic E-state index is -4.43. The molecule has 32 heavy (non-hydrogen) atoms. The number of rotatable bonds is 4. The quantitative estimate of drug-likeness (QED) is 0.394. The Labute approximate surface area is 178 Å². The lowest BCUT2D eigenvalue weighted by molar-refractivity contribution is -0.546. The summed E-state index contributed by atoms with van der Waals surface area (Å²) in [4.78, 5) is 12.4. The van der Waals surface area contributed by atoms with Crippen molar-refractivity contribution in [3.8, 4) is 11.1 Å². The molecule has 0 unspecified atom stereocenters. The van der Waals surface area contributed by atoms with E-state index in [0.29, 0.717) is 28.2 Å². The van der Waals surface area contributed by atoms with Crippen LogP contribution in [0.2, 0.25) is 0 Å². The van der Waals surface area contributed by atoms with Gasteiger partial charge in [-0.2, -0.15) is 13.2 Å². The standard InChI is InChI=1S/C21H14F4N6O/c22-16-3-1-2-4-18(16)27-20(32)26-17-10-7-13(11-15(17)19-28-30-31-29-19)12-5-8-14(9-6-12)21(23,24)25/h1-11H,(H2,26,27,32)(H,28,29,30,31)/p+1. The second-order valence-electron chi connectivity index (χ2n) is 6.71. The molecule has 0 aliphatic carbocycles. The first-order chi connectivity index (χ1) is 15.3. The van der Waals surface area contributed by atoms with Crippen LogP contribution in [0.15, 0.2) is 82.3 Å². The van der Waals surface area contributed by atoms with E-state index in [1.54, 1.807) is 24.3 Å². The number of hydrogen-bond acceptors (Lipinski definition) is 4. The number of carbonyl (C=O) groups is 1. The average molecular weight is 443 g/mol. The molecule has 3 aromatic rings. The molecule has 0 atom stereocenters. The maximum absolute atomic E-state index is 13.8. The van der Waals surface area contributed by atoms with Crippen molar-refractivity contribution in [1.82, 2.24) is 0 Å². The molecular weight excluding hydrogens is 428 g/mol. The van der Waals surface area contributed by atoms with Crippen molar-refractivity contribution < 1.29 is 27.8 Å². The van der Waals surface area contributed by atoms with Gasteiger partial charge in [-0.3, -0.25) is 0 Å². The summed E-state index contributed by atoms with van der Waals surface area (Å²) >= 11 is 0. The Kier molecular flexibility index (Phi) is 5.65. The molecule has 3 aromatic carbocycles. The fraction of sp³-hybridized carbons (Fsp3) is 0.0476. The number of nitrogens with one attached hydrogen (secondary N) is 2. The Bertz CT molecular complexity index is 1220. The first kappa shape index (κ1) is 21.1. The second-order valence-corrected chi connectivity index (χ2v) is 6.71. The van der Waals surface area contributed by atoms with E-state index >= 15 is 0 Å². The summed E-state index contributed by atoms with van der Waals surface area (Å²) < 4.78 is 52.3. The minimum absolute atomic E-state index is 0.00249. The van der Waals surface area contributed by atoms with Crippen LogP contribution in [0.3, 0.4) is 0 Å². The summed E-state index contributed by atoms with van der Waals surface area (Å²) in [6.07, 6.45) is -4.43. The van der Waals surface area contributed by atoms with Crippen molar-refractivity contribution >= 4 is 23.2 Å². The fourth-order valence-corrected chi connectivity index (χ4v) is 3.04. The van der Waals surface area contributed by atoms with Gasteiger partial charge < -0.3 is 10.6 Å². The number of benzene rings is 3. The molecule has 0 spiro atoms. The Morgan fingerprint density at radius 2 is 1.56 bits per heavy atom. The van der Waals surface area contributed by atoms with Crippen LogP contribution in [-0.2, 0) is 6.18 Å². The SMILES string of the molecule is O=C(Nc1ccccc1F)Nc1ccc(-c2ccc(C(F)(F)F)cc2)cc1C1=NN=N[NH2+]1. The Balaban J connectivity index is 1.62. The number of anilines is 2. The highest BCUT2D eigenvalue weighted by Crippen LogP contribution is 2.32. The van der Waals surface area contributed by atoms with Gasteiger partial charge in [-0.05, 0) is 47.5 Å². The predicted molar refractivity (Wildman–Crippen MR) is 109 cm³/mol. The van der Waals surface area contributed by atoms with Crippen molar-refractivity contribution in [3.63, 3.8) is 0 Å². The normalized spacial score (nSPS) is 13.1. The number of halogens is 4. The molecule has 0 bridgehead atoms. The van der Waals surface area contributed by atoms with Gasteiger partial charge in [-0.1, -0.05) is 35.4 Å². The summed E-state index contributed by atoms with van der Waals surface area (Å²) in [6.45, 7) is 0. The lowest BCUT2D eigenvalue weighted by Gasteiger charge is -2.13. The number of alkyl halides is 3. The first-order valence-corrected chi connectivity index (χ1v) is 9.27. The molecule has 11 heteroatoms. The van der Waals surface area contributed by atoms with Gasteiger partial charge >= 0.3 is 12.2 Å². The van der Waals surface area contributed by atoms with Crippen molar-refractivity contribution in [2.24, 2.45) is 15.5 Å². The molecule has 0 aromatic heterocycles. The molecular formula is C21H15F4N6O+. The van der Waals surface area contributed by atoms with Gasteiger partial charge in [0, 0.05) is 5.22 Å². The van der Waals surface area contributed by atoms with Crippen molar-refractivity contribution in [2.75, 3.05) is 10.6 Å². The molecule has 0 radical (unpaired) electrons. The van der Waals surface area contributed by atoms with E-state index in [1.165, 1.54) is 35.8 Å². The van der Waals surface area contributed by atoms with Crippen LogP contribution in [0.1, 0.15) is 11.1 Å². The highest BCUT2D eigenvalue weighted by Gasteiger charge is 2.30. The zero-order valence-corrected chi connectivity index (χ0v) is 16.2. The van der Waals surface area contributed by atoms with Crippen LogP contribution in [0, 0.1) is 5.82 Å². The third-order valence-corrected chi connectivity index (χ3v) is 4.60. The van der Waals surface area contributed by atoms with E-state index in [2.05, 4.69) is 26.2 Å². The fourth-order valence-electron chi connectivity index (χ4n) is 3.04. The Hall–Kier alpha value is -4.12. The van der Waals surface area contributed by atoms with Gasteiger partial charge in [0.1, 0.15) is 5.82 Å². The first-order valence-electron chi connectivity index (χ1n) is 9.27. The topological polar surface area (TPSA) is 94.8 Å². The van der Waals surface area contributed by atoms with Gasteiger partial charge in [-0.15, -0.1) is 5.43 Å². The summed E-state index contributed by atoms with van der Waals surface area (Å²) in [5.74, 6) is -0.244. The van der Waals surface area contributed by atoms with Gasteiger partial charge in [0.2, 0.25) is 0 Å². The number of para-hydroxylation sites is 1. The average Bonchev–Trinajstić information content (AvgIpc) is 3.30. The molecule has 1 aliphatic rings. The monoisotopic (exact) mass is 443 g/mol. The van der Waals surface area contributed by atoms with Crippen molar-refractivity contribution in [2.45, 2.75) is 6.18 Å². The molecule has 1 aliphatic heterocycles. The van der Waals surface area contributed by atoms with Crippen molar-refractivity contribution in [1.29, 1.82) is 0 Å². The Morgan fingerprint density at radius 3 is 2.22 bits per heavy atom. The van der Waals surface area contributed by atoms with Crippen LogP contribution >= 0.6 is 0 Å². The van der Waals surface area contributed by atoms with Crippen LogP contribution in [0.4, 0.5) is 33.7 Å². The molecule has 2 amide bonds. The van der Waals surface area contributed by atoms with Gasteiger partial charge in [0.15, 0.2) is 0 Å². The number of carbonyl (C=O) groups excluding carboxylic acids is 1. The molecule has 0 saturated heterocycles. The summed E-state index contributed by atoms with van der Waals surface area (Å²) in [6, 6.07) is 14.6. The lowest BCUT2D eigenvalue weighted by Crippen LogP contribution is -2.80. The van der Waals surface area contributed by atoms with Crippen LogP contribution in [0.25, 0.3) is 11.1 Å². The zero-order chi connectivity index (χ0) is 22.7. The second kappa shape index (κ2) is 8.55. The molecule has 1 heterocycles. The van der Waals surface area contributed by atoms with E-state index in [4.69, 9.17) is 0 Å². The maximum Gasteiger partial charge on any atom is 0.416 e. The van der Waals surface area contributed by atoms with E-state index in [9.17, 15) is 22.4 Å². The number of nitrogens with zero attached hydrogens (tertiary/aromatic N) is 3. The third-order valence-electron chi connectivity index (χ3n) is 4.60. The van der Waals surface area contributed by atoms with Crippen LogP contribution in [0.5, 0.6) is 0 Å². The number of nitrogens with two attached hydrogens (primary N) is 1. The molecule has 7 nitrogen and oxygen atoms in total. The number of quaternary nitrogens is 1. The molecule has 162 valence electrons. The lowest BCUT2D eigenvalue weighted by atomic mass is 10.00. The maximum atomic E-state index is 13.8. The molecule has 0 saturated carbocycles. The summed E-state index contributed by atoms with van der Waals surface area (Å²) in [7, 11) is 0. The van der Waals surface area contributed by atoms with E-state index in [0.717, 1.165) is 12.1 Å². The van der Waals surface area contributed by atoms with E-state index < -0.39 is 23.6 Å². The van der Waals surface area contributed by atoms with Crippen LogP contribution < -0.4 is 16.1 Å². The predicted octanol–water partition coefficient (Wildman–Crippen LogP) is 4.76. The Morgan fingerprint density at radius 1 is 0.875 bits per heavy atom. The summed E-state index contributed by atoms with van der Waals surface area (Å²) in [5, 5.41) is 16.1. The third kappa shape index (κ3) is 4.62. The minimum Gasteiger partial charge on any atom is -0.307 e. The highest BCUT2D eigenvalue weighted by molar-refractivity contribution is 6.06. The largest absolute Gasteiger partial charge is 0.416 e. The molecule has 0 fully saturated rings. The highest BCUT2D eigenvalue weighted by atomic mass is 19.4. The zero-order valence-electron chi connectivity index (χ0n) is 16.2. The molecule has 4 rings (SSSR count). The number of urea groups is 1. The van der Waals surface area contributed by atoms with E-state index in [1.807, 2.05) is 0 Å². The van der Waals surface area contributed by atoms with Gasteiger partial charge in [0.25, 0.3) is 5.84 Å². The van der Waals surface area contributed by atoms with Gasteiger partial charge in [0.05, 0.1) is 27.7 Å².